The molecule has 0 saturated heterocycles. The molecule has 3 atom stereocenters. The van der Waals surface area contributed by atoms with Gasteiger partial charge in [0.1, 0.15) is 0 Å². The van der Waals surface area contributed by atoms with Gasteiger partial charge in [-0.2, -0.15) is 0 Å². The van der Waals surface area contributed by atoms with Gasteiger partial charge in [0.25, 0.3) is 0 Å². The van der Waals surface area contributed by atoms with Crippen LogP contribution in [0.4, 0.5) is 0 Å². The Balaban J connectivity index is 2.68. The van der Waals surface area contributed by atoms with Crippen molar-refractivity contribution in [3.63, 3.8) is 0 Å². The van der Waals surface area contributed by atoms with E-state index in [4.69, 9.17) is 0 Å². The van der Waals surface area contributed by atoms with Crippen molar-refractivity contribution in [1.29, 1.82) is 0 Å². The normalized spacial score (nSPS) is 32.3. The van der Waals surface area contributed by atoms with Crippen LogP contribution in [0.5, 0.6) is 0 Å². The van der Waals surface area contributed by atoms with E-state index >= 15 is 0 Å². The smallest absolute Gasteiger partial charge is 0.0756 e. The lowest BCUT2D eigenvalue weighted by molar-refractivity contribution is 0.0373. The number of aliphatic hydroxyl groups excluding tert-OH is 2. The van der Waals surface area contributed by atoms with Crippen LogP contribution in [0.15, 0.2) is 11.6 Å². The molecule has 0 spiro atoms. The fraction of sp³-hybridized carbons (Fsp3) is 0.846. The molecule has 1 aliphatic carbocycles. The van der Waals surface area contributed by atoms with E-state index in [-0.39, 0.29) is 23.5 Å². The monoisotopic (exact) mass is 212 g/mol. The van der Waals surface area contributed by atoms with Crippen molar-refractivity contribution in [3.8, 4) is 0 Å². The Kier molecular flexibility index (Phi) is 3.96. The molecule has 0 saturated carbocycles. The molecule has 0 bridgehead atoms. The Morgan fingerprint density at radius 3 is 2.60 bits per heavy atom. The van der Waals surface area contributed by atoms with Crippen molar-refractivity contribution in [1.82, 2.24) is 0 Å². The van der Waals surface area contributed by atoms with Gasteiger partial charge in [0, 0.05) is 0 Å². The Bertz CT molecular complexity index is 241. The Morgan fingerprint density at radius 1 is 1.53 bits per heavy atom. The van der Waals surface area contributed by atoms with Crippen molar-refractivity contribution in [3.05, 3.63) is 11.6 Å². The third kappa shape index (κ3) is 3.32. The first-order chi connectivity index (χ1) is 6.83. The van der Waals surface area contributed by atoms with E-state index in [1.165, 1.54) is 5.57 Å². The summed E-state index contributed by atoms with van der Waals surface area (Å²) in [5.74, 6) is 0.274. The Labute approximate surface area is 93.0 Å². The zero-order valence-corrected chi connectivity index (χ0v) is 10.3. The first-order valence-corrected chi connectivity index (χ1v) is 5.86. The number of aliphatic hydroxyl groups is 2. The summed E-state index contributed by atoms with van der Waals surface area (Å²) in [5.41, 5.74) is 1.42. The summed E-state index contributed by atoms with van der Waals surface area (Å²) in [4.78, 5) is 0. The highest BCUT2D eigenvalue weighted by Gasteiger charge is 2.36. The second kappa shape index (κ2) is 4.67. The maximum Gasteiger partial charge on any atom is 0.0756 e. The lowest BCUT2D eigenvalue weighted by Crippen LogP contribution is -2.37. The molecule has 0 aromatic heterocycles. The van der Waals surface area contributed by atoms with Gasteiger partial charge >= 0.3 is 0 Å². The predicted octanol–water partition coefficient (Wildman–Crippen LogP) is 2.50. The molecular weight excluding hydrogens is 188 g/mol. The van der Waals surface area contributed by atoms with Crippen LogP contribution < -0.4 is 0 Å². The maximum absolute atomic E-state index is 10.0. The summed E-state index contributed by atoms with van der Waals surface area (Å²) in [6, 6.07) is 0. The molecule has 0 heterocycles. The zero-order valence-electron chi connectivity index (χ0n) is 10.3. The summed E-state index contributed by atoms with van der Waals surface area (Å²) in [7, 11) is 0. The predicted molar refractivity (Wildman–Crippen MR) is 62.6 cm³/mol. The molecule has 0 amide bonds. The van der Waals surface area contributed by atoms with Gasteiger partial charge in [0.15, 0.2) is 0 Å². The molecule has 0 aliphatic heterocycles. The van der Waals surface area contributed by atoms with Gasteiger partial charge in [-0.25, -0.2) is 0 Å². The molecule has 0 aromatic rings. The van der Waals surface area contributed by atoms with Gasteiger partial charge in [0.2, 0.25) is 0 Å². The van der Waals surface area contributed by atoms with E-state index in [1.807, 2.05) is 13.0 Å². The van der Waals surface area contributed by atoms with Crippen LogP contribution >= 0.6 is 0 Å². The second-order valence-electron chi connectivity index (χ2n) is 5.70. The van der Waals surface area contributed by atoms with Gasteiger partial charge in [-0.15, -0.1) is 0 Å². The molecule has 88 valence electrons. The summed E-state index contributed by atoms with van der Waals surface area (Å²) in [5, 5.41) is 19.3. The minimum Gasteiger partial charge on any atom is -0.393 e. The molecule has 0 radical (unpaired) electrons. The number of allylic oxidation sites excluding steroid dienone is 1. The lowest BCUT2D eigenvalue weighted by Gasteiger charge is -2.41. The molecule has 0 aromatic carbocycles. The van der Waals surface area contributed by atoms with Crippen LogP contribution in [0.1, 0.15) is 47.0 Å². The fourth-order valence-electron chi connectivity index (χ4n) is 2.76. The van der Waals surface area contributed by atoms with Crippen molar-refractivity contribution < 1.29 is 10.2 Å². The van der Waals surface area contributed by atoms with Gasteiger partial charge < -0.3 is 10.2 Å². The standard InChI is InChI=1S/C13H24O2/c1-9-7-12(15)11(6-5-10(2)14)13(3,4)8-9/h7,10-12,14-15H,5-6,8H2,1-4H3. The highest BCUT2D eigenvalue weighted by atomic mass is 16.3. The molecule has 2 N–H and O–H groups in total. The largest absolute Gasteiger partial charge is 0.393 e. The van der Waals surface area contributed by atoms with Gasteiger partial charge in [-0.1, -0.05) is 25.5 Å². The van der Waals surface area contributed by atoms with Crippen LogP contribution in [0.3, 0.4) is 0 Å². The zero-order chi connectivity index (χ0) is 11.6. The van der Waals surface area contributed by atoms with E-state index in [9.17, 15) is 10.2 Å². The van der Waals surface area contributed by atoms with Gasteiger partial charge in [-0.3, -0.25) is 0 Å². The average Bonchev–Trinajstić information content (AvgIpc) is 1.98. The molecular formula is C13H24O2. The molecule has 15 heavy (non-hydrogen) atoms. The number of rotatable bonds is 3. The fourth-order valence-corrected chi connectivity index (χ4v) is 2.76. The van der Waals surface area contributed by atoms with E-state index in [0.717, 1.165) is 19.3 Å². The van der Waals surface area contributed by atoms with Crippen LogP contribution in [0.25, 0.3) is 0 Å². The number of hydrogen-bond donors (Lipinski definition) is 2. The quantitative estimate of drug-likeness (QED) is 0.706. The highest BCUT2D eigenvalue weighted by molar-refractivity contribution is 5.13. The van der Waals surface area contributed by atoms with Crippen LogP contribution in [0.2, 0.25) is 0 Å². The molecule has 2 nitrogen and oxygen atoms in total. The molecule has 2 heteroatoms. The van der Waals surface area contributed by atoms with Crippen molar-refractivity contribution >= 4 is 0 Å². The van der Waals surface area contributed by atoms with E-state index in [0.29, 0.717) is 0 Å². The summed E-state index contributed by atoms with van der Waals surface area (Å²) in [6.45, 7) is 8.30. The lowest BCUT2D eigenvalue weighted by atomic mass is 9.66. The van der Waals surface area contributed by atoms with Crippen molar-refractivity contribution in [2.24, 2.45) is 11.3 Å². The minimum absolute atomic E-state index is 0.146. The van der Waals surface area contributed by atoms with E-state index in [2.05, 4.69) is 20.8 Å². The maximum atomic E-state index is 10.0. The minimum atomic E-state index is -0.340. The second-order valence-corrected chi connectivity index (χ2v) is 5.70. The van der Waals surface area contributed by atoms with E-state index in [1.54, 1.807) is 0 Å². The number of hydrogen-bond acceptors (Lipinski definition) is 2. The van der Waals surface area contributed by atoms with Crippen LogP contribution in [0, 0.1) is 11.3 Å². The topological polar surface area (TPSA) is 40.5 Å². The third-order valence-electron chi connectivity index (χ3n) is 3.50. The van der Waals surface area contributed by atoms with Crippen molar-refractivity contribution in [2.45, 2.75) is 59.2 Å². The molecule has 3 unspecified atom stereocenters. The summed E-state index contributed by atoms with van der Waals surface area (Å²) in [6.07, 6.45) is 4.09. The summed E-state index contributed by atoms with van der Waals surface area (Å²) < 4.78 is 0. The Morgan fingerprint density at radius 2 is 2.13 bits per heavy atom. The van der Waals surface area contributed by atoms with Gasteiger partial charge in [-0.05, 0) is 44.4 Å². The molecule has 1 aliphatic rings. The Hall–Kier alpha value is -0.340. The van der Waals surface area contributed by atoms with Crippen LogP contribution in [-0.2, 0) is 0 Å². The first kappa shape index (κ1) is 12.7. The third-order valence-corrected chi connectivity index (χ3v) is 3.50. The summed E-state index contributed by atoms with van der Waals surface area (Å²) >= 11 is 0. The van der Waals surface area contributed by atoms with Crippen LogP contribution in [-0.4, -0.2) is 22.4 Å². The highest BCUT2D eigenvalue weighted by Crippen LogP contribution is 2.42. The average molecular weight is 212 g/mol. The van der Waals surface area contributed by atoms with Crippen molar-refractivity contribution in [2.75, 3.05) is 0 Å². The molecule has 0 fully saturated rings. The first-order valence-electron chi connectivity index (χ1n) is 5.86. The van der Waals surface area contributed by atoms with Gasteiger partial charge in [0.05, 0.1) is 12.2 Å². The molecule has 1 rings (SSSR count). The van der Waals surface area contributed by atoms with E-state index < -0.39 is 0 Å². The SMILES string of the molecule is CC1=CC(O)C(CCC(C)O)C(C)(C)C1.